The summed E-state index contributed by atoms with van der Waals surface area (Å²) < 4.78 is 31.8. The highest BCUT2D eigenvalue weighted by molar-refractivity contribution is 9.10. The Morgan fingerprint density at radius 3 is 2.43 bits per heavy atom. The van der Waals surface area contributed by atoms with Gasteiger partial charge in [-0.2, -0.15) is 4.31 Å². The second-order valence-electron chi connectivity index (χ2n) is 4.80. The molecule has 0 saturated heterocycles. The van der Waals surface area contributed by atoms with Crippen molar-refractivity contribution in [2.45, 2.75) is 24.9 Å². The molecule has 7 heteroatoms. The maximum Gasteiger partial charge on any atom is 0.247 e. The van der Waals surface area contributed by atoms with Crippen molar-refractivity contribution < 1.29 is 12.8 Å². The van der Waals surface area contributed by atoms with Crippen molar-refractivity contribution >= 4 is 26.0 Å². The van der Waals surface area contributed by atoms with E-state index in [4.69, 9.17) is 10.2 Å². The van der Waals surface area contributed by atoms with Gasteiger partial charge in [0.1, 0.15) is 10.7 Å². The molecule has 114 valence electrons. The minimum absolute atomic E-state index is 0.0950. The molecule has 0 saturated carbocycles. The van der Waals surface area contributed by atoms with E-state index >= 15 is 0 Å². The van der Waals surface area contributed by atoms with E-state index in [0.29, 0.717) is 5.76 Å². The van der Waals surface area contributed by atoms with Gasteiger partial charge in [-0.1, -0.05) is 29.8 Å². The lowest BCUT2D eigenvalue weighted by molar-refractivity contribution is 0.458. The fourth-order valence-corrected chi connectivity index (χ4v) is 3.99. The SMILES string of the molecule is Cc1ccc(CN(C)S(=O)(=O)c2cc(CN)oc2Br)cc1. The van der Waals surface area contributed by atoms with Gasteiger partial charge in [-0.3, -0.25) is 0 Å². The van der Waals surface area contributed by atoms with Gasteiger partial charge < -0.3 is 10.2 Å². The zero-order valence-electron chi connectivity index (χ0n) is 11.8. The van der Waals surface area contributed by atoms with Gasteiger partial charge in [-0.15, -0.1) is 0 Å². The van der Waals surface area contributed by atoms with Gasteiger partial charge >= 0.3 is 0 Å². The first-order valence-corrected chi connectivity index (χ1v) is 8.58. The third-order valence-electron chi connectivity index (χ3n) is 3.12. The van der Waals surface area contributed by atoms with Crippen molar-refractivity contribution in [3.63, 3.8) is 0 Å². The van der Waals surface area contributed by atoms with E-state index < -0.39 is 10.0 Å². The van der Waals surface area contributed by atoms with Crippen molar-refractivity contribution in [1.29, 1.82) is 0 Å². The van der Waals surface area contributed by atoms with Crippen LogP contribution < -0.4 is 5.73 Å². The first-order valence-electron chi connectivity index (χ1n) is 6.34. The number of nitrogens with two attached hydrogens (primary N) is 1. The Kier molecular flexibility index (Phi) is 4.88. The lowest BCUT2D eigenvalue weighted by atomic mass is 10.1. The average Bonchev–Trinajstić information content (AvgIpc) is 2.83. The zero-order chi connectivity index (χ0) is 15.6. The van der Waals surface area contributed by atoms with Crippen molar-refractivity contribution in [2.75, 3.05) is 7.05 Å². The fourth-order valence-electron chi connectivity index (χ4n) is 1.88. The summed E-state index contributed by atoms with van der Waals surface area (Å²) in [5.41, 5.74) is 7.52. The second-order valence-corrected chi connectivity index (χ2v) is 7.54. The van der Waals surface area contributed by atoms with Crippen molar-refractivity contribution in [2.24, 2.45) is 5.73 Å². The van der Waals surface area contributed by atoms with Gasteiger partial charge in [0.15, 0.2) is 4.67 Å². The van der Waals surface area contributed by atoms with E-state index in [9.17, 15) is 8.42 Å². The van der Waals surface area contributed by atoms with Crippen LogP contribution in [-0.2, 0) is 23.1 Å². The summed E-state index contributed by atoms with van der Waals surface area (Å²) in [5, 5.41) is 0. The highest BCUT2D eigenvalue weighted by Crippen LogP contribution is 2.28. The van der Waals surface area contributed by atoms with Gasteiger partial charge in [0.2, 0.25) is 10.0 Å². The number of hydrogen-bond acceptors (Lipinski definition) is 4. The van der Waals surface area contributed by atoms with Crippen LogP contribution in [0.2, 0.25) is 0 Å². The highest BCUT2D eigenvalue weighted by atomic mass is 79.9. The van der Waals surface area contributed by atoms with Crippen LogP contribution in [0.4, 0.5) is 0 Å². The number of sulfonamides is 1. The molecule has 1 heterocycles. The molecular weight excluding hydrogens is 356 g/mol. The predicted octanol–water partition coefficient (Wildman–Crippen LogP) is 2.63. The minimum atomic E-state index is -3.63. The van der Waals surface area contributed by atoms with E-state index in [-0.39, 0.29) is 22.7 Å². The van der Waals surface area contributed by atoms with E-state index in [1.165, 1.54) is 17.4 Å². The molecular formula is C14H17BrN2O3S. The van der Waals surface area contributed by atoms with Crippen molar-refractivity contribution in [3.8, 4) is 0 Å². The average molecular weight is 373 g/mol. The number of nitrogens with zero attached hydrogens (tertiary/aromatic N) is 1. The number of hydrogen-bond donors (Lipinski definition) is 1. The van der Waals surface area contributed by atoms with Crippen LogP contribution in [0, 0.1) is 6.92 Å². The van der Waals surface area contributed by atoms with Gasteiger partial charge in [0.05, 0.1) is 6.54 Å². The summed E-state index contributed by atoms with van der Waals surface area (Å²) in [7, 11) is -2.09. The van der Waals surface area contributed by atoms with Gasteiger partial charge in [-0.25, -0.2) is 8.42 Å². The van der Waals surface area contributed by atoms with Crippen LogP contribution in [0.3, 0.4) is 0 Å². The van der Waals surface area contributed by atoms with Crippen LogP contribution in [0.1, 0.15) is 16.9 Å². The molecule has 0 amide bonds. The maximum absolute atomic E-state index is 12.5. The molecule has 0 fully saturated rings. The summed E-state index contributed by atoms with van der Waals surface area (Å²) in [6.45, 7) is 2.43. The molecule has 0 spiro atoms. The molecule has 2 N–H and O–H groups in total. The van der Waals surface area contributed by atoms with Gasteiger partial charge in [-0.05, 0) is 28.4 Å². The Labute approximate surface area is 132 Å². The first-order chi connectivity index (χ1) is 9.84. The quantitative estimate of drug-likeness (QED) is 0.874. The van der Waals surface area contributed by atoms with Crippen molar-refractivity contribution in [1.82, 2.24) is 4.31 Å². The summed E-state index contributed by atoms with van der Waals surface area (Å²) in [6.07, 6.45) is 0. The standard InChI is InChI=1S/C14H17BrN2O3S/c1-10-3-5-11(6-4-10)9-17(2)21(18,19)13-7-12(8-16)20-14(13)15/h3-7H,8-9,16H2,1-2H3. The number of benzene rings is 1. The number of aryl methyl sites for hydroxylation is 1. The summed E-state index contributed by atoms with van der Waals surface area (Å²) in [4.78, 5) is 0.0950. The molecule has 0 aliphatic carbocycles. The molecule has 1 aromatic carbocycles. The first kappa shape index (κ1) is 16.2. The lowest BCUT2D eigenvalue weighted by Gasteiger charge is -2.16. The van der Waals surface area contributed by atoms with Crippen molar-refractivity contribution in [3.05, 3.63) is 51.9 Å². The van der Waals surface area contributed by atoms with Crippen LogP contribution in [0.25, 0.3) is 0 Å². The number of rotatable bonds is 5. The smallest absolute Gasteiger partial charge is 0.247 e. The molecule has 0 radical (unpaired) electrons. The Bertz CT molecular complexity index is 723. The Balaban J connectivity index is 2.25. The molecule has 0 aliphatic heterocycles. The Hall–Kier alpha value is -1.15. The monoisotopic (exact) mass is 372 g/mol. The van der Waals surface area contributed by atoms with Crippen LogP contribution in [-0.4, -0.2) is 19.8 Å². The molecule has 1 aromatic heterocycles. The van der Waals surface area contributed by atoms with E-state index in [2.05, 4.69) is 15.9 Å². The third kappa shape index (κ3) is 3.55. The molecule has 2 rings (SSSR count). The molecule has 0 unspecified atom stereocenters. The summed E-state index contributed by atoms with van der Waals surface area (Å²) >= 11 is 3.13. The van der Waals surface area contributed by atoms with E-state index in [1.807, 2.05) is 31.2 Å². The number of furan rings is 1. The van der Waals surface area contributed by atoms with Gasteiger partial charge in [0.25, 0.3) is 0 Å². The normalized spacial score (nSPS) is 12.0. The molecule has 0 aliphatic rings. The van der Waals surface area contributed by atoms with Gasteiger partial charge in [0, 0.05) is 19.7 Å². The van der Waals surface area contributed by atoms with E-state index in [1.54, 1.807) is 0 Å². The van der Waals surface area contributed by atoms with Crippen LogP contribution in [0.5, 0.6) is 0 Å². The molecule has 21 heavy (non-hydrogen) atoms. The summed E-state index contributed by atoms with van der Waals surface area (Å²) in [6, 6.07) is 9.19. The molecule has 0 bridgehead atoms. The Morgan fingerprint density at radius 1 is 1.29 bits per heavy atom. The van der Waals surface area contributed by atoms with E-state index in [0.717, 1.165) is 11.1 Å². The topological polar surface area (TPSA) is 76.5 Å². The Morgan fingerprint density at radius 2 is 1.90 bits per heavy atom. The highest BCUT2D eigenvalue weighted by Gasteiger charge is 2.26. The van der Waals surface area contributed by atoms with Crippen LogP contribution >= 0.6 is 15.9 Å². The molecule has 2 aromatic rings. The third-order valence-corrected chi connectivity index (χ3v) is 5.78. The summed E-state index contributed by atoms with van der Waals surface area (Å²) in [5.74, 6) is 0.421. The maximum atomic E-state index is 12.5. The lowest BCUT2D eigenvalue weighted by Crippen LogP contribution is -2.26. The second kappa shape index (κ2) is 6.31. The minimum Gasteiger partial charge on any atom is -0.452 e. The predicted molar refractivity (Wildman–Crippen MR) is 84.1 cm³/mol. The fraction of sp³-hybridized carbons (Fsp3) is 0.286. The zero-order valence-corrected chi connectivity index (χ0v) is 14.2. The molecule has 0 atom stereocenters. The molecule has 5 nitrogen and oxygen atoms in total. The van der Waals surface area contributed by atoms with Crippen LogP contribution in [0.15, 0.2) is 44.3 Å². The number of halogens is 1. The largest absolute Gasteiger partial charge is 0.452 e.